The molecule has 0 aromatic heterocycles. The second-order valence-electron chi connectivity index (χ2n) is 7.28. The number of alkyl carbamates (subject to hydrolysis) is 1. The lowest BCUT2D eigenvalue weighted by Gasteiger charge is -2.25. The van der Waals surface area contributed by atoms with Crippen LogP contribution >= 0.6 is 11.6 Å². The number of carbonyl (C=O) groups is 1. The quantitative estimate of drug-likeness (QED) is 0.813. The zero-order valence-corrected chi connectivity index (χ0v) is 15.1. The number of hydrogen-bond acceptors (Lipinski definition) is 3. The van der Waals surface area contributed by atoms with E-state index >= 15 is 0 Å². The summed E-state index contributed by atoms with van der Waals surface area (Å²) in [6, 6.07) is 8.12. The third-order valence-corrected chi connectivity index (χ3v) is 4.12. The normalized spacial score (nSPS) is 17.4. The smallest absolute Gasteiger partial charge is 0.407 e. The summed E-state index contributed by atoms with van der Waals surface area (Å²) < 4.78 is 5.36. The van der Waals surface area contributed by atoms with Crippen LogP contribution in [-0.2, 0) is 4.74 Å². The van der Waals surface area contributed by atoms with Gasteiger partial charge in [0.25, 0.3) is 0 Å². The molecule has 1 aromatic rings. The Kier molecular flexibility index (Phi) is 5.93. The Morgan fingerprint density at radius 2 is 2.09 bits per heavy atom. The zero-order valence-electron chi connectivity index (χ0n) is 14.4. The topological polar surface area (TPSA) is 50.4 Å². The van der Waals surface area contributed by atoms with E-state index in [1.165, 1.54) is 0 Å². The fraction of sp³-hybridized carbons (Fsp3) is 0.611. The highest BCUT2D eigenvalue weighted by Crippen LogP contribution is 2.33. The van der Waals surface area contributed by atoms with Gasteiger partial charge in [0.15, 0.2) is 0 Å². The Morgan fingerprint density at radius 1 is 1.39 bits per heavy atom. The van der Waals surface area contributed by atoms with Crippen molar-refractivity contribution >= 4 is 17.7 Å². The van der Waals surface area contributed by atoms with Gasteiger partial charge in [0, 0.05) is 23.7 Å². The lowest BCUT2D eigenvalue weighted by molar-refractivity contribution is 0.0497. The van der Waals surface area contributed by atoms with E-state index in [0.29, 0.717) is 5.92 Å². The SMILES string of the molecule is CC(NCC(NC(=O)OC(C)(C)C)C1CC1)c1cccc(Cl)c1. The van der Waals surface area contributed by atoms with Gasteiger partial charge in [-0.05, 0) is 64.2 Å². The molecule has 1 saturated carbocycles. The van der Waals surface area contributed by atoms with Crippen molar-refractivity contribution in [3.8, 4) is 0 Å². The monoisotopic (exact) mass is 338 g/mol. The van der Waals surface area contributed by atoms with E-state index in [1.807, 2.05) is 39.0 Å². The first-order valence-electron chi connectivity index (χ1n) is 8.23. The Hall–Kier alpha value is -1.26. The Morgan fingerprint density at radius 3 is 2.65 bits per heavy atom. The molecule has 1 amide bonds. The Balaban J connectivity index is 1.86. The first-order valence-corrected chi connectivity index (χ1v) is 8.61. The highest BCUT2D eigenvalue weighted by molar-refractivity contribution is 6.30. The minimum atomic E-state index is -0.473. The summed E-state index contributed by atoms with van der Waals surface area (Å²) >= 11 is 6.04. The van der Waals surface area contributed by atoms with Crippen LogP contribution in [0.2, 0.25) is 5.02 Å². The maximum absolute atomic E-state index is 12.0. The van der Waals surface area contributed by atoms with Crippen LogP contribution in [0.3, 0.4) is 0 Å². The number of rotatable bonds is 6. The predicted octanol–water partition coefficient (Wildman–Crippen LogP) is 4.29. The van der Waals surface area contributed by atoms with Gasteiger partial charge in [-0.15, -0.1) is 0 Å². The van der Waals surface area contributed by atoms with Crippen LogP contribution < -0.4 is 10.6 Å². The summed E-state index contributed by atoms with van der Waals surface area (Å²) in [7, 11) is 0. The number of carbonyl (C=O) groups excluding carboxylic acids is 1. The minimum Gasteiger partial charge on any atom is -0.444 e. The van der Waals surface area contributed by atoms with E-state index in [4.69, 9.17) is 16.3 Å². The van der Waals surface area contributed by atoms with Crippen LogP contribution in [-0.4, -0.2) is 24.3 Å². The standard InChI is InChI=1S/C18H27ClN2O2/c1-12(14-6-5-7-15(19)10-14)20-11-16(13-8-9-13)21-17(22)23-18(2,3)4/h5-7,10,12-13,16,20H,8-9,11H2,1-4H3,(H,21,22). The molecule has 0 heterocycles. The van der Waals surface area contributed by atoms with Crippen molar-refractivity contribution in [3.63, 3.8) is 0 Å². The molecule has 128 valence electrons. The lowest BCUT2D eigenvalue weighted by Crippen LogP contribution is -2.46. The average Bonchev–Trinajstić information content (AvgIpc) is 3.25. The maximum Gasteiger partial charge on any atom is 0.407 e. The summed E-state index contributed by atoms with van der Waals surface area (Å²) in [6.45, 7) is 8.44. The van der Waals surface area contributed by atoms with E-state index in [0.717, 1.165) is 30.0 Å². The molecule has 0 spiro atoms. The highest BCUT2D eigenvalue weighted by atomic mass is 35.5. The van der Waals surface area contributed by atoms with Gasteiger partial charge in [-0.2, -0.15) is 0 Å². The highest BCUT2D eigenvalue weighted by Gasteiger charge is 2.33. The van der Waals surface area contributed by atoms with Crippen LogP contribution in [0.15, 0.2) is 24.3 Å². The van der Waals surface area contributed by atoms with Gasteiger partial charge in [0.05, 0.1) is 0 Å². The van der Waals surface area contributed by atoms with Crippen LogP contribution in [0.25, 0.3) is 0 Å². The molecule has 4 nitrogen and oxygen atoms in total. The van der Waals surface area contributed by atoms with Gasteiger partial charge in [0.1, 0.15) is 5.60 Å². The molecule has 0 aliphatic heterocycles. The van der Waals surface area contributed by atoms with Crippen molar-refractivity contribution in [1.29, 1.82) is 0 Å². The molecule has 2 unspecified atom stereocenters. The molecule has 1 aliphatic carbocycles. The fourth-order valence-corrected chi connectivity index (χ4v) is 2.69. The number of benzene rings is 1. The average molecular weight is 339 g/mol. The largest absolute Gasteiger partial charge is 0.444 e. The molecule has 1 aromatic carbocycles. The summed E-state index contributed by atoms with van der Waals surface area (Å²) in [4.78, 5) is 12.0. The number of amides is 1. The van der Waals surface area contributed by atoms with Crippen molar-refractivity contribution in [1.82, 2.24) is 10.6 Å². The molecular formula is C18H27ClN2O2. The van der Waals surface area contributed by atoms with E-state index in [1.54, 1.807) is 0 Å². The van der Waals surface area contributed by atoms with Gasteiger partial charge < -0.3 is 15.4 Å². The molecule has 2 N–H and O–H groups in total. The third-order valence-electron chi connectivity index (χ3n) is 3.89. The molecule has 23 heavy (non-hydrogen) atoms. The number of ether oxygens (including phenoxy) is 1. The van der Waals surface area contributed by atoms with Crippen molar-refractivity contribution in [2.24, 2.45) is 5.92 Å². The summed E-state index contributed by atoms with van der Waals surface area (Å²) in [5, 5.41) is 7.23. The molecule has 2 atom stereocenters. The molecule has 2 rings (SSSR count). The number of nitrogens with one attached hydrogen (secondary N) is 2. The van der Waals surface area contributed by atoms with E-state index in [9.17, 15) is 4.79 Å². The van der Waals surface area contributed by atoms with E-state index in [2.05, 4.69) is 23.6 Å². The fourth-order valence-electron chi connectivity index (χ4n) is 2.49. The number of halogens is 1. The van der Waals surface area contributed by atoms with Crippen LogP contribution in [0.1, 0.15) is 52.1 Å². The predicted molar refractivity (Wildman–Crippen MR) is 93.8 cm³/mol. The van der Waals surface area contributed by atoms with Gasteiger partial charge in [-0.25, -0.2) is 4.79 Å². The molecule has 0 radical (unpaired) electrons. The summed E-state index contributed by atoms with van der Waals surface area (Å²) in [6.07, 6.45) is 1.98. The van der Waals surface area contributed by atoms with Crippen LogP contribution in [0.4, 0.5) is 4.79 Å². The third kappa shape index (κ3) is 6.40. The van der Waals surface area contributed by atoms with Gasteiger partial charge in [-0.3, -0.25) is 0 Å². The number of hydrogen-bond donors (Lipinski definition) is 2. The van der Waals surface area contributed by atoms with Crippen molar-refractivity contribution in [3.05, 3.63) is 34.9 Å². The van der Waals surface area contributed by atoms with E-state index < -0.39 is 5.60 Å². The first kappa shape index (κ1) is 18.1. The first-order chi connectivity index (χ1) is 10.7. The lowest BCUT2D eigenvalue weighted by atomic mass is 10.1. The van der Waals surface area contributed by atoms with Crippen molar-refractivity contribution in [2.75, 3.05) is 6.54 Å². The Labute approximate surface area is 143 Å². The molecule has 1 fully saturated rings. The van der Waals surface area contributed by atoms with Crippen LogP contribution in [0.5, 0.6) is 0 Å². The molecule has 1 aliphatic rings. The second kappa shape index (κ2) is 7.54. The minimum absolute atomic E-state index is 0.103. The van der Waals surface area contributed by atoms with Crippen molar-refractivity contribution < 1.29 is 9.53 Å². The zero-order chi connectivity index (χ0) is 17.0. The van der Waals surface area contributed by atoms with Gasteiger partial charge in [0.2, 0.25) is 0 Å². The van der Waals surface area contributed by atoms with E-state index in [-0.39, 0.29) is 18.2 Å². The van der Waals surface area contributed by atoms with Gasteiger partial charge >= 0.3 is 6.09 Å². The molecule has 0 saturated heterocycles. The maximum atomic E-state index is 12.0. The molecular weight excluding hydrogens is 312 g/mol. The Bertz CT molecular complexity index is 538. The summed E-state index contributed by atoms with van der Waals surface area (Å²) in [5.74, 6) is 0.543. The van der Waals surface area contributed by atoms with Crippen molar-refractivity contribution in [2.45, 2.75) is 58.2 Å². The second-order valence-corrected chi connectivity index (χ2v) is 7.71. The summed E-state index contributed by atoms with van der Waals surface area (Å²) in [5.41, 5.74) is 0.670. The molecule has 5 heteroatoms. The van der Waals surface area contributed by atoms with Crippen LogP contribution in [0, 0.1) is 5.92 Å². The molecule has 0 bridgehead atoms. The van der Waals surface area contributed by atoms with Gasteiger partial charge in [-0.1, -0.05) is 23.7 Å².